The molecule has 3 unspecified atom stereocenters. The van der Waals surface area contributed by atoms with E-state index in [-0.39, 0.29) is 0 Å². The highest BCUT2D eigenvalue weighted by Crippen LogP contribution is 2.23. The average molecular weight is 234 g/mol. The Hall–Kier alpha value is -1.00. The molecule has 2 rings (SSSR count). The van der Waals surface area contributed by atoms with Gasteiger partial charge in [-0.15, -0.1) is 0 Å². The van der Waals surface area contributed by atoms with Crippen LogP contribution < -0.4 is 5.73 Å². The quantitative estimate of drug-likeness (QED) is 0.839. The molecular weight excluding hydrogens is 212 g/mol. The molecule has 0 aliphatic carbocycles. The SMILES string of the molecule is Cc1cnc(CN2CCC(N)C(C)C2C)cn1. The first kappa shape index (κ1) is 12.5. The van der Waals surface area contributed by atoms with Crippen LogP contribution in [0.2, 0.25) is 0 Å². The fourth-order valence-corrected chi connectivity index (χ4v) is 2.40. The van der Waals surface area contributed by atoms with Crippen LogP contribution in [-0.4, -0.2) is 33.5 Å². The smallest absolute Gasteiger partial charge is 0.0727 e. The van der Waals surface area contributed by atoms with Crippen molar-refractivity contribution in [2.75, 3.05) is 6.54 Å². The summed E-state index contributed by atoms with van der Waals surface area (Å²) in [6.07, 6.45) is 4.78. The van der Waals surface area contributed by atoms with Crippen LogP contribution in [0.15, 0.2) is 12.4 Å². The maximum atomic E-state index is 6.09. The Balaban J connectivity index is 2.01. The van der Waals surface area contributed by atoms with Gasteiger partial charge in [-0.1, -0.05) is 6.92 Å². The number of nitrogens with two attached hydrogens (primary N) is 1. The minimum Gasteiger partial charge on any atom is -0.327 e. The standard InChI is InChI=1S/C13H22N4/c1-9-6-16-12(7-15-9)8-17-5-4-13(14)10(2)11(17)3/h6-7,10-11,13H,4-5,8,14H2,1-3H3. The molecular formula is C13H22N4. The van der Waals surface area contributed by atoms with Gasteiger partial charge < -0.3 is 5.73 Å². The van der Waals surface area contributed by atoms with Gasteiger partial charge in [0.2, 0.25) is 0 Å². The molecule has 2 heterocycles. The molecule has 94 valence electrons. The average Bonchev–Trinajstić information content (AvgIpc) is 2.33. The molecule has 3 atom stereocenters. The molecule has 17 heavy (non-hydrogen) atoms. The minimum absolute atomic E-state index is 0.338. The zero-order valence-corrected chi connectivity index (χ0v) is 10.9. The topological polar surface area (TPSA) is 55.0 Å². The van der Waals surface area contributed by atoms with E-state index >= 15 is 0 Å². The summed E-state index contributed by atoms with van der Waals surface area (Å²) in [5.41, 5.74) is 8.10. The Kier molecular flexibility index (Phi) is 3.74. The third-order valence-electron chi connectivity index (χ3n) is 3.96. The highest BCUT2D eigenvalue weighted by atomic mass is 15.2. The summed E-state index contributed by atoms with van der Waals surface area (Å²) in [4.78, 5) is 11.2. The van der Waals surface area contributed by atoms with Crippen molar-refractivity contribution in [3.63, 3.8) is 0 Å². The van der Waals surface area contributed by atoms with Crippen molar-refractivity contribution < 1.29 is 0 Å². The van der Waals surface area contributed by atoms with E-state index in [1.165, 1.54) is 0 Å². The molecule has 4 heteroatoms. The number of likely N-dealkylation sites (tertiary alicyclic amines) is 1. The first-order valence-electron chi connectivity index (χ1n) is 6.35. The van der Waals surface area contributed by atoms with Gasteiger partial charge in [0.1, 0.15) is 0 Å². The summed E-state index contributed by atoms with van der Waals surface area (Å²) < 4.78 is 0. The molecule has 1 aliphatic heterocycles. The molecule has 0 aromatic carbocycles. The highest BCUT2D eigenvalue weighted by molar-refractivity contribution is 5.01. The molecule has 1 aromatic heterocycles. The Morgan fingerprint density at radius 2 is 2.12 bits per heavy atom. The first-order chi connectivity index (χ1) is 8.08. The molecule has 2 N–H and O–H groups in total. The number of hydrogen-bond donors (Lipinski definition) is 1. The second kappa shape index (κ2) is 5.10. The first-order valence-corrected chi connectivity index (χ1v) is 6.35. The van der Waals surface area contributed by atoms with Crippen LogP contribution in [0.4, 0.5) is 0 Å². The van der Waals surface area contributed by atoms with Crippen LogP contribution >= 0.6 is 0 Å². The number of aromatic nitrogens is 2. The Bertz CT molecular complexity index is 362. The number of aryl methyl sites for hydroxylation is 1. The van der Waals surface area contributed by atoms with Crippen LogP contribution in [0.1, 0.15) is 31.7 Å². The normalized spacial score (nSPS) is 30.5. The van der Waals surface area contributed by atoms with Crippen LogP contribution in [0, 0.1) is 12.8 Å². The van der Waals surface area contributed by atoms with Gasteiger partial charge in [0.05, 0.1) is 11.4 Å². The summed E-state index contributed by atoms with van der Waals surface area (Å²) in [5, 5.41) is 0. The van der Waals surface area contributed by atoms with Gasteiger partial charge in [-0.3, -0.25) is 14.9 Å². The van der Waals surface area contributed by atoms with E-state index in [2.05, 4.69) is 28.7 Å². The molecule has 1 aliphatic rings. The molecule has 1 aromatic rings. The van der Waals surface area contributed by atoms with Crippen molar-refractivity contribution in [1.29, 1.82) is 0 Å². The summed E-state index contributed by atoms with van der Waals surface area (Å²) in [7, 11) is 0. The van der Waals surface area contributed by atoms with Crippen LogP contribution in [0.3, 0.4) is 0 Å². The molecule has 0 saturated carbocycles. The Morgan fingerprint density at radius 1 is 1.35 bits per heavy atom. The molecule has 0 bridgehead atoms. The Labute approximate surface area is 103 Å². The second-order valence-electron chi connectivity index (χ2n) is 5.17. The lowest BCUT2D eigenvalue weighted by atomic mass is 9.87. The lowest BCUT2D eigenvalue weighted by Gasteiger charge is -2.41. The fourth-order valence-electron chi connectivity index (χ4n) is 2.40. The third kappa shape index (κ3) is 2.82. The second-order valence-corrected chi connectivity index (χ2v) is 5.17. The number of hydrogen-bond acceptors (Lipinski definition) is 4. The van der Waals surface area contributed by atoms with E-state index in [4.69, 9.17) is 5.73 Å². The predicted molar refractivity (Wildman–Crippen MR) is 68.4 cm³/mol. The van der Waals surface area contributed by atoms with Crippen molar-refractivity contribution >= 4 is 0 Å². The fraction of sp³-hybridized carbons (Fsp3) is 0.692. The van der Waals surface area contributed by atoms with Crippen molar-refractivity contribution in [3.8, 4) is 0 Å². The molecule has 0 amide bonds. The largest absolute Gasteiger partial charge is 0.327 e. The number of rotatable bonds is 2. The van der Waals surface area contributed by atoms with Crippen molar-refractivity contribution in [1.82, 2.24) is 14.9 Å². The lowest BCUT2D eigenvalue weighted by Crippen LogP contribution is -2.51. The summed E-state index contributed by atoms with van der Waals surface area (Å²) in [6, 6.07) is 0.854. The van der Waals surface area contributed by atoms with Crippen LogP contribution in [-0.2, 0) is 6.54 Å². The zero-order valence-electron chi connectivity index (χ0n) is 10.9. The van der Waals surface area contributed by atoms with Gasteiger partial charge in [0, 0.05) is 37.6 Å². The van der Waals surface area contributed by atoms with Crippen molar-refractivity contribution in [2.45, 2.75) is 45.8 Å². The van der Waals surface area contributed by atoms with Gasteiger partial charge in [-0.25, -0.2) is 0 Å². The molecule has 4 nitrogen and oxygen atoms in total. The van der Waals surface area contributed by atoms with E-state index in [1.807, 2.05) is 19.3 Å². The summed E-state index contributed by atoms with van der Waals surface area (Å²) >= 11 is 0. The van der Waals surface area contributed by atoms with E-state index in [0.717, 1.165) is 30.9 Å². The molecule has 1 fully saturated rings. The molecule has 0 radical (unpaired) electrons. The van der Waals surface area contributed by atoms with Crippen molar-refractivity contribution in [3.05, 3.63) is 23.8 Å². The summed E-state index contributed by atoms with van der Waals surface area (Å²) in [6.45, 7) is 8.39. The van der Waals surface area contributed by atoms with Gasteiger partial charge in [-0.2, -0.15) is 0 Å². The van der Waals surface area contributed by atoms with Gasteiger partial charge in [0.15, 0.2) is 0 Å². The predicted octanol–water partition coefficient (Wildman–Crippen LogP) is 1.34. The van der Waals surface area contributed by atoms with E-state index in [0.29, 0.717) is 18.0 Å². The minimum atomic E-state index is 0.338. The summed E-state index contributed by atoms with van der Waals surface area (Å²) in [5.74, 6) is 0.544. The maximum absolute atomic E-state index is 6.09. The third-order valence-corrected chi connectivity index (χ3v) is 3.96. The van der Waals surface area contributed by atoms with Crippen molar-refractivity contribution in [2.24, 2.45) is 11.7 Å². The molecule has 0 spiro atoms. The van der Waals surface area contributed by atoms with Gasteiger partial charge in [-0.05, 0) is 26.2 Å². The van der Waals surface area contributed by atoms with Gasteiger partial charge in [0.25, 0.3) is 0 Å². The maximum Gasteiger partial charge on any atom is 0.0727 e. The molecule has 1 saturated heterocycles. The van der Waals surface area contributed by atoms with E-state index in [9.17, 15) is 0 Å². The number of piperidine rings is 1. The van der Waals surface area contributed by atoms with Crippen LogP contribution in [0.25, 0.3) is 0 Å². The number of nitrogens with zero attached hydrogens (tertiary/aromatic N) is 3. The van der Waals surface area contributed by atoms with Gasteiger partial charge >= 0.3 is 0 Å². The van der Waals surface area contributed by atoms with E-state index in [1.54, 1.807) is 0 Å². The Morgan fingerprint density at radius 3 is 2.76 bits per heavy atom. The monoisotopic (exact) mass is 234 g/mol. The van der Waals surface area contributed by atoms with E-state index < -0.39 is 0 Å². The lowest BCUT2D eigenvalue weighted by molar-refractivity contribution is 0.0897. The van der Waals surface area contributed by atoms with Crippen LogP contribution in [0.5, 0.6) is 0 Å². The highest BCUT2D eigenvalue weighted by Gasteiger charge is 2.30. The zero-order chi connectivity index (χ0) is 12.4.